The van der Waals surface area contributed by atoms with Crippen molar-refractivity contribution in [3.05, 3.63) is 77.4 Å². The summed E-state index contributed by atoms with van der Waals surface area (Å²) in [7, 11) is 1.74. The second-order valence-corrected chi connectivity index (χ2v) is 9.88. The second kappa shape index (κ2) is 9.73. The number of amides is 3. The van der Waals surface area contributed by atoms with Gasteiger partial charge in [0.15, 0.2) is 0 Å². The van der Waals surface area contributed by atoms with Crippen LogP contribution >= 0.6 is 0 Å². The predicted molar refractivity (Wildman–Crippen MR) is 131 cm³/mol. The van der Waals surface area contributed by atoms with Gasteiger partial charge in [0.1, 0.15) is 18.4 Å². The van der Waals surface area contributed by atoms with Crippen molar-refractivity contribution in [3.63, 3.8) is 0 Å². The van der Waals surface area contributed by atoms with Gasteiger partial charge in [0, 0.05) is 37.3 Å². The third-order valence-corrected chi connectivity index (χ3v) is 7.26. The summed E-state index contributed by atoms with van der Waals surface area (Å²) >= 11 is 0. The van der Waals surface area contributed by atoms with Crippen molar-refractivity contribution in [3.8, 4) is 11.1 Å². The zero-order valence-corrected chi connectivity index (χ0v) is 21.4. The highest BCUT2D eigenvalue weighted by atomic mass is 19.4. The average Bonchev–Trinajstić information content (AvgIpc) is 3.52. The van der Waals surface area contributed by atoms with Crippen LogP contribution in [0.25, 0.3) is 11.1 Å². The number of aryl methyl sites for hydroxylation is 1. The van der Waals surface area contributed by atoms with Gasteiger partial charge in [-0.2, -0.15) is 18.3 Å². The number of carbonyl (C=O) groups excluding carboxylic acids is 3. The summed E-state index contributed by atoms with van der Waals surface area (Å²) in [5.41, 5.74) is 0.323. The van der Waals surface area contributed by atoms with Crippen molar-refractivity contribution in [1.29, 1.82) is 0 Å². The molecular formula is C27H24F4N4O5. The number of imide groups is 1. The van der Waals surface area contributed by atoms with Gasteiger partial charge in [0.25, 0.3) is 5.91 Å². The molecule has 3 aromatic rings. The van der Waals surface area contributed by atoms with Gasteiger partial charge >= 0.3 is 12.3 Å². The third-order valence-electron chi connectivity index (χ3n) is 7.26. The van der Waals surface area contributed by atoms with Gasteiger partial charge in [-0.25, -0.2) is 14.1 Å². The van der Waals surface area contributed by atoms with E-state index < -0.39 is 60.7 Å². The number of ether oxygens (including phenoxy) is 1. The number of halogens is 4. The van der Waals surface area contributed by atoms with Crippen LogP contribution in [0, 0.1) is 5.82 Å². The van der Waals surface area contributed by atoms with Gasteiger partial charge < -0.3 is 14.7 Å². The summed E-state index contributed by atoms with van der Waals surface area (Å²) < 4.78 is 61.3. The molecule has 1 aromatic heterocycles. The SMILES string of the molecule is C[C@H](N(Cc1ccc(F)cc1)C(=O)CN1C(=O)O[C@@]2(C[C@H](O)c3cc(-c4cnn(C)c4)ccc32)C1=O)C(F)(F)F. The molecule has 1 spiro atoms. The smallest absolute Gasteiger partial charge is 0.418 e. The molecule has 5 rings (SSSR count). The molecule has 13 heteroatoms. The maximum atomic E-state index is 13.6. The van der Waals surface area contributed by atoms with Gasteiger partial charge in [-0.05, 0) is 41.8 Å². The van der Waals surface area contributed by atoms with Crippen LogP contribution in [-0.4, -0.2) is 61.4 Å². The van der Waals surface area contributed by atoms with E-state index in [2.05, 4.69) is 5.10 Å². The summed E-state index contributed by atoms with van der Waals surface area (Å²) in [4.78, 5) is 40.5. The molecule has 2 aromatic carbocycles. The number of aromatic nitrogens is 2. The van der Waals surface area contributed by atoms with E-state index in [0.717, 1.165) is 24.6 Å². The highest BCUT2D eigenvalue weighted by Gasteiger charge is 2.61. The van der Waals surface area contributed by atoms with Crippen molar-refractivity contribution in [2.45, 2.75) is 43.8 Å². The lowest BCUT2D eigenvalue weighted by molar-refractivity contribution is -0.187. The van der Waals surface area contributed by atoms with Crippen LogP contribution in [0.5, 0.6) is 0 Å². The molecule has 1 N–H and O–H groups in total. The van der Waals surface area contributed by atoms with Crippen LogP contribution in [0.15, 0.2) is 54.9 Å². The number of carbonyl (C=O) groups is 3. The number of aliphatic hydroxyl groups excluding tert-OH is 1. The first-order chi connectivity index (χ1) is 18.8. The molecule has 0 bridgehead atoms. The second-order valence-electron chi connectivity index (χ2n) is 9.88. The topological polar surface area (TPSA) is 105 Å². The first-order valence-corrected chi connectivity index (χ1v) is 12.3. The quantitative estimate of drug-likeness (QED) is 0.460. The molecule has 210 valence electrons. The first-order valence-electron chi connectivity index (χ1n) is 12.3. The largest absolute Gasteiger partial charge is 0.427 e. The summed E-state index contributed by atoms with van der Waals surface area (Å²) in [5, 5.41) is 14.9. The van der Waals surface area contributed by atoms with Crippen LogP contribution in [-0.2, 0) is 33.5 Å². The predicted octanol–water partition coefficient (Wildman–Crippen LogP) is 3.82. The van der Waals surface area contributed by atoms with Crippen LogP contribution in [0.2, 0.25) is 0 Å². The standard InChI is InChI=1S/C27H24F4N4O5/c1-15(27(29,30)31)34(12-16-3-6-19(28)7-4-16)23(37)14-35-24(38)26(40-25(35)39)10-22(36)20-9-17(5-8-21(20)26)18-11-32-33(2)13-18/h3-9,11,13,15,22,36H,10,12,14H2,1-2H3/t15-,22-,26+/m0/s1. The van der Waals surface area contributed by atoms with Gasteiger partial charge in [-0.3, -0.25) is 14.3 Å². The summed E-state index contributed by atoms with van der Waals surface area (Å²) in [6.45, 7) is -0.780. The van der Waals surface area contributed by atoms with E-state index in [1.807, 2.05) is 0 Å². The Morgan fingerprint density at radius 2 is 1.90 bits per heavy atom. The van der Waals surface area contributed by atoms with Crippen molar-refractivity contribution >= 4 is 17.9 Å². The molecule has 0 radical (unpaired) electrons. The highest BCUT2D eigenvalue weighted by molar-refractivity contribution is 6.06. The number of nitrogens with zero attached hydrogens (tertiary/aromatic N) is 4. The third kappa shape index (κ3) is 4.70. The molecule has 1 fully saturated rings. The zero-order valence-electron chi connectivity index (χ0n) is 21.4. The Bertz CT molecular complexity index is 1490. The lowest BCUT2D eigenvalue weighted by Crippen LogP contribution is -2.51. The van der Waals surface area contributed by atoms with E-state index in [1.54, 1.807) is 36.3 Å². The molecule has 2 heterocycles. The fourth-order valence-corrected chi connectivity index (χ4v) is 5.06. The average molecular weight is 561 g/mol. The fourth-order valence-electron chi connectivity index (χ4n) is 5.06. The van der Waals surface area contributed by atoms with Crippen LogP contribution in [0.4, 0.5) is 22.4 Å². The van der Waals surface area contributed by atoms with E-state index in [0.29, 0.717) is 20.9 Å². The van der Waals surface area contributed by atoms with Gasteiger partial charge in [0.05, 0.1) is 12.3 Å². The van der Waals surface area contributed by atoms with Crippen molar-refractivity contribution in [2.75, 3.05) is 6.54 Å². The van der Waals surface area contributed by atoms with Crippen LogP contribution < -0.4 is 0 Å². The van der Waals surface area contributed by atoms with E-state index in [1.165, 1.54) is 18.2 Å². The molecule has 1 aliphatic carbocycles. The number of benzene rings is 2. The lowest BCUT2D eigenvalue weighted by Gasteiger charge is -2.31. The Balaban J connectivity index is 1.41. The Morgan fingerprint density at radius 3 is 2.52 bits per heavy atom. The molecule has 2 aliphatic rings. The normalized spacial score (nSPS) is 21.1. The highest BCUT2D eigenvalue weighted by Crippen LogP contribution is 2.50. The molecular weight excluding hydrogens is 536 g/mol. The number of hydrogen-bond acceptors (Lipinski definition) is 6. The molecule has 1 saturated heterocycles. The number of rotatable bonds is 6. The van der Waals surface area contributed by atoms with Crippen LogP contribution in [0.1, 0.15) is 36.1 Å². The molecule has 9 nitrogen and oxygen atoms in total. The summed E-state index contributed by atoms with van der Waals surface area (Å²) in [6.07, 6.45) is -4.14. The minimum absolute atomic E-state index is 0.218. The maximum Gasteiger partial charge on any atom is 0.418 e. The number of fused-ring (bicyclic) bond motifs is 2. The minimum Gasteiger partial charge on any atom is -0.427 e. The zero-order chi connectivity index (χ0) is 29.0. The Kier molecular flexibility index (Phi) is 6.65. The Morgan fingerprint density at radius 1 is 1.20 bits per heavy atom. The number of hydrogen-bond donors (Lipinski definition) is 1. The Labute approximate surface area is 225 Å². The van der Waals surface area contributed by atoms with Crippen molar-refractivity contribution < 1.29 is 41.8 Å². The molecule has 40 heavy (non-hydrogen) atoms. The molecule has 0 unspecified atom stereocenters. The van der Waals surface area contributed by atoms with Gasteiger partial charge in [0.2, 0.25) is 11.5 Å². The van der Waals surface area contributed by atoms with Gasteiger partial charge in [-0.15, -0.1) is 0 Å². The molecule has 3 atom stereocenters. The molecule has 1 aliphatic heterocycles. The lowest BCUT2D eigenvalue weighted by atomic mass is 9.93. The van der Waals surface area contributed by atoms with Gasteiger partial charge in [-0.1, -0.05) is 24.3 Å². The van der Waals surface area contributed by atoms with E-state index >= 15 is 0 Å². The first kappa shape index (κ1) is 27.3. The van der Waals surface area contributed by atoms with Crippen molar-refractivity contribution in [2.24, 2.45) is 7.05 Å². The monoisotopic (exact) mass is 560 g/mol. The van der Waals surface area contributed by atoms with E-state index in [4.69, 9.17) is 4.74 Å². The van der Waals surface area contributed by atoms with Crippen molar-refractivity contribution in [1.82, 2.24) is 19.6 Å². The van der Waals surface area contributed by atoms with E-state index in [-0.39, 0.29) is 17.5 Å². The number of alkyl halides is 3. The number of aliphatic hydroxyl groups is 1. The summed E-state index contributed by atoms with van der Waals surface area (Å²) in [6, 6.07) is 7.15. The minimum atomic E-state index is -4.81. The Hall–Kier alpha value is -4.26. The molecule has 3 amide bonds. The fraction of sp³-hybridized carbons (Fsp3) is 0.333. The van der Waals surface area contributed by atoms with Crippen LogP contribution in [0.3, 0.4) is 0 Å². The molecule has 0 saturated carbocycles. The summed E-state index contributed by atoms with van der Waals surface area (Å²) in [5.74, 6) is -2.73. The van der Waals surface area contributed by atoms with E-state index in [9.17, 15) is 37.1 Å². The maximum absolute atomic E-state index is 13.6.